The number of hydrogen-bond donors (Lipinski definition) is 4. The predicted molar refractivity (Wildman–Crippen MR) is 67.1 cm³/mol. The maximum atomic E-state index is 10.7. The molecular weight excluding hydrogens is 258 g/mol. The molecule has 0 bridgehead atoms. The lowest BCUT2D eigenvalue weighted by atomic mass is 10.2. The summed E-state index contributed by atoms with van der Waals surface area (Å²) in [6.07, 6.45) is 0. The summed E-state index contributed by atoms with van der Waals surface area (Å²) in [5.74, 6) is -0.246. The highest BCUT2D eigenvalue weighted by atomic mass is 32.1. The van der Waals surface area contributed by atoms with Crippen molar-refractivity contribution in [3.8, 4) is 5.88 Å². The molecule has 0 aliphatic heterocycles. The fourth-order valence-electron chi connectivity index (χ4n) is 1.47. The van der Waals surface area contributed by atoms with E-state index in [2.05, 4.69) is 27.5 Å². The van der Waals surface area contributed by atoms with Crippen LogP contribution in [0.5, 0.6) is 5.88 Å². The van der Waals surface area contributed by atoms with Crippen LogP contribution in [0.15, 0.2) is 23.3 Å². The Kier molecular flexibility index (Phi) is 2.92. The van der Waals surface area contributed by atoms with Crippen molar-refractivity contribution in [2.45, 2.75) is 0 Å². The molecule has 8 nitrogen and oxygen atoms in total. The van der Waals surface area contributed by atoms with Gasteiger partial charge in [0.15, 0.2) is 5.69 Å². The second-order valence-electron chi connectivity index (χ2n) is 3.37. The molecular formula is C9H8N5O3S+. The number of nitrogens with two attached hydrogens (primary N) is 1. The second-order valence-corrected chi connectivity index (χ2v) is 3.83. The average molecular weight is 266 g/mol. The molecule has 0 spiro atoms. The number of hydrogen-bond acceptors (Lipinski definition) is 4. The first-order valence-electron chi connectivity index (χ1n) is 4.71. The van der Waals surface area contributed by atoms with E-state index in [1.54, 1.807) is 0 Å². The molecule has 0 saturated heterocycles. The maximum absolute atomic E-state index is 10.7. The van der Waals surface area contributed by atoms with Crippen LogP contribution >= 0.6 is 12.6 Å². The molecule has 0 aliphatic carbocycles. The number of H-pyrrole nitrogens is 1. The molecule has 1 aromatic heterocycles. The van der Waals surface area contributed by atoms with Crippen LogP contribution in [-0.4, -0.2) is 25.0 Å². The number of nitro benzene ring substituents is 1. The van der Waals surface area contributed by atoms with Crippen molar-refractivity contribution in [3.63, 3.8) is 0 Å². The molecule has 2 rings (SSSR count). The number of aromatic hydroxyl groups is 1. The van der Waals surface area contributed by atoms with Gasteiger partial charge in [0.25, 0.3) is 5.69 Å². The third-order valence-electron chi connectivity index (χ3n) is 2.20. The largest absolute Gasteiger partial charge is 0.493 e. The molecule has 1 aromatic carbocycles. The van der Waals surface area contributed by atoms with E-state index in [1.165, 1.54) is 18.2 Å². The van der Waals surface area contributed by atoms with Crippen LogP contribution in [0, 0.1) is 10.1 Å². The second kappa shape index (κ2) is 4.40. The zero-order chi connectivity index (χ0) is 13.3. The molecule has 0 saturated carbocycles. The van der Waals surface area contributed by atoms with Crippen molar-refractivity contribution in [2.24, 2.45) is 10.8 Å². The van der Waals surface area contributed by atoms with Crippen LogP contribution < -0.4 is 5.73 Å². The Hall–Kier alpha value is -2.51. The number of rotatable bonds is 2. The number of benzene rings is 1. The average Bonchev–Trinajstić information content (AvgIpc) is 2.60. The predicted octanol–water partition coefficient (Wildman–Crippen LogP) is 1.32. The molecule has 0 unspecified atom stereocenters. The lowest BCUT2D eigenvalue weighted by molar-refractivity contribution is -0.384. The van der Waals surface area contributed by atoms with Crippen LogP contribution in [-0.2, 0) is 0 Å². The van der Waals surface area contributed by atoms with Crippen molar-refractivity contribution >= 4 is 40.1 Å². The Labute approximate surface area is 105 Å². The van der Waals surface area contributed by atoms with Gasteiger partial charge < -0.3 is 10.1 Å². The molecule has 0 amide bonds. The fourth-order valence-corrected chi connectivity index (χ4v) is 1.51. The summed E-state index contributed by atoms with van der Waals surface area (Å²) in [4.78, 5) is 16.2. The summed E-state index contributed by atoms with van der Waals surface area (Å²) in [5.41, 5.74) is 5.67. The fraction of sp³-hybridized carbons (Fsp3) is 0. The van der Waals surface area contributed by atoms with E-state index in [-0.39, 0.29) is 22.4 Å². The first-order valence-corrected chi connectivity index (χ1v) is 5.16. The SMILES string of the molecule is NC(S)=[N+]=Nc1c(O)[nH]c2ccc([N+](=O)[O-])cc12. The van der Waals surface area contributed by atoms with Crippen LogP contribution in [0.25, 0.3) is 10.9 Å². The first kappa shape index (κ1) is 12.0. The number of thiol groups is 1. The molecule has 1 heterocycles. The third-order valence-corrected chi connectivity index (χ3v) is 2.29. The monoisotopic (exact) mass is 266 g/mol. The Morgan fingerprint density at radius 2 is 2.33 bits per heavy atom. The number of aromatic nitrogens is 1. The van der Waals surface area contributed by atoms with Crippen LogP contribution in [0.2, 0.25) is 0 Å². The topological polar surface area (TPSA) is 132 Å². The van der Waals surface area contributed by atoms with E-state index >= 15 is 0 Å². The van der Waals surface area contributed by atoms with Crippen LogP contribution in [0.3, 0.4) is 0 Å². The van der Waals surface area contributed by atoms with Crippen molar-refractivity contribution in [2.75, 3.05) is 0 Å². The van der Waals surface area contributed by atoms with E-state index in [9.17, 15) is 15.2 Å². The van der Waals surface area contributed by atoms with Gasteiger partial charge in [0.2, 0.25) is 5.88 Å². The zero-order valence-electron chi connectivity index (χ0n) is 8.86. The van der Waals surface area contributed by atoms with E-state index < -0.39 is 4.92 Å². The van der Waals surface area contributed by atoms with Crippen molar-refractivity contribution in [1.29, 1.82) is 0 Å². The van der Waals surface area contributed by atoms with Gasteiger partial charge in [-0.25, -0.2) is 0 Å². The van der Waals surface area contributed by atoms with Crippen LogP contribution in [0.1, 0.15) is 0 Å². The molecule has 9 heteroatoms. The summed E-state index contributed by atoms with van der Waals surface area (Å²) in [6.45, 7) is 0. The summed E-state index contributed by atoms with van der Waals surface area (Å²) >= 11 is 3.72. The number of aromatic amines is 1. The Morgan fingerprint density at radius 1 is 1.61 bits per heavy atom. The molecule has 18 heavy (non-hydrogen) atoms. The summed E-state index contributed by atoms with van der Waals surface area (Å²) in [6, 6.07) is 4.08. The number of nitrogens with one attached hydrogen (secondary N) is 1. The van der Waals surface area contributed by atoms with Crippen LogP contribution in [0.4, 0.5) is 11.4 Å². The van der Waals surface area contributed by atoms with E-state index in [1.807, 2.05) is 0 Å². The number of amidine groups is 1. The van der Waals surface area contributed by atoms with Gasteiger partial charge in [0.1, 0.15) is 0 Å². The Morgan fingerprint density at radius 3 is 2.94 bits per heavy atom. The highest BCUT2D eigenvalue weighted by Gasteiger charge is 2.16. The van der Waals surface area contributed by atoms with Gasteiger partial charge in [-0.05, 0) is 18.7 Å². The molecule has 0 radical (unpaired) electrons. The normalized spacial score (nSPS) is 10.1. The van der Waals surface area contributed by atoms with Gasteiger partial charge in [-0.1, -0.05) is 4.79 Å². The van der Waals surface area contributed by atoms with Gasteiger partial charge >= 0.3 is 5.17 Å². The van der Waals surface area contributed by atoms with Crippen molar-refractivity contribution in [3.05, 3.63) is 28.3 Å². The summed E-state index contributed by atoms with van der Waals surface area (Å²) in [5, 5.41) is 24.3. The molecule has 4 N–H and O–H groups in total. The summed E-state index contributed by atoms with van der Waals surface area (Å²) < 4.78 is 0. The molecule has 0 fully saturated rings. The molecule has 2 aromatic rings. The van der Waals surface area contributed by atoms with Crippen molar-refractivity contribution in [1.82, 2.24) is 4.98 Å². The highest BCUT2D eigenvalue weighted by Crippen LogP contribution is 2.36. The molecule has 0 aliphatic rings. The number of nitro groups is 1. The van der Waals surface area contributed by atoms with E-state index in [0.29, 0.717) is 10.9 Å². The van der Waals surface area contributed by atoms with Gasteiger partial charge in [-0.2, -0.15) is 0 Å². The lowest BCUT2D eigenvalue weighted by Gasteiger charge is -1.91. The molecule has 92 valence electrons. The standard InChI is InChI=1S/C9H7N5O3S/c10-9(18)13-12-7-5-3-4(14(16)17)1-2-6(5)11-8(7)15/h1-3H,(H4,10,11,12,13,15,18)/p+1. The Balaban J connectivity index is 2.72. The number of nitrogens with zero attached hydrogens (tertiary/aromatic N) is 3. The summed E-state index contributed by atoms with van der Waals surface area (Å²) in [7, 11) is 0. The van der Waals surface area contributed by atoms with Crippen molar-refractivity contribution < 1.29 is 14.8 Å². The van der Waals surface area contributed by atoms with Gasteiger partial charge in [-0.15, -0.1) is 0 Å². The van der Waals surface area contributed by atoms with Gasteiger partial charge in [0, 0.05) is 22.6 Å². The molecule has 0 atom stereocenters. The maximum Gasteiger partial charge on any atom is 0.430 e. The number of fused-ring (bicyclic) bond motifs is 1. The first-order chi connectivity index (χ1) is 8.49. The minimum atomic E-state index is -0.538. The van der Waals surface area contributed by atoms with E-state index in [4.69, 9.17) is 5.73 Å². The Bertz CT molecular complexity index is 698. The smallest absolute Gasteiger partial charge is 0.430 e. The minimum Gasteiger partial charge on any atom is -0.493 e. The van der Waals surface area contributed by atoms with Gasteiger partial charge in [-0.3, -0.25) is 15.8 Å². The zero-order valence-corrected chi connectivity index (χ0v) is 9.76. The number of non-ortho nitro benzene ring substituents is 1. The minimum absolute atomic E-state index is 0.0747. The highest BCUT2D eigenvalue weighted by molar-refractivity contribution is 7.96. The van der Waals surface area contributed by atoms with Gasteiger partial charge in [0.05, 0.1) is 10.4 Å². The van der Waals surface area contributed by atoms with E-state index in [0.717, 1.165) is 0 Å². The lowest BCUT2D eigenvalue weighted by Crippen LogP contribution is -2.02. The third kappa shape index (κ3) is 2.12. The quantitative estimate of drug-likeness (QED) is 0.124.